The van der Waals surface area contributed by atoms with E-state index in [0.29, 0.717) is 6.42 Å². The molecule has 20 heavy (non-hydrogen) atoms. The van der Waals surface area contributed by atoms with Crippen molar-refractivity contribution < 1.29 is 22.7 Å². The highest BCUT2D eigenvalue weighted by Gasteiger charge is 2.38. The molecule has 1 saturated heterocycles. The Morgan fingerprint density at radius 1 is 1.50 bits per heavy atom. The first-order chi connectivity index (χ1) is 9.32. The lowest BCUT2D eigenvalue weighted by atomic mass is 10.2. The summed E-state index contributed by atoms with van der Waals surface area (Å²) >= 11 is 0. The Labute approximate surface area is 113 Å². The van der Waals surface area contributed by atoms with Crippen LogP contribution in [0.15, 0.2) is 18.2 Å². The van der Waals surface area contributed by atoms with E-state index in [4.69, 9.17) is 10.5 Å². The van der Waals surface area contributed by atoms with Crippen molar-refractivity contribution in [3.8, 4) is 0 Å². The molecule has 2 N–H and O–H groups in total. The Morgan fingerprint density at radius 2 is 2.20 bits per heavy atom. The molecular formula is C12H14F3N3O2. The Morgan fingerprint density at radius 3 is 2.75 bits per heavy atom. The van der Waals surface area contributed by atoms with E-state index in [2.05, 4.69) is 4.98 Å². The summed E-state index contributed by atoms with van der Waals surface area (Å²) in [7, 11) is 1.48. The smallest absolute Gasteiger partial charge is 0.380 e. The molecule has 8 heteroatoms. The first kappa shape index (κ1) is 14.6. The van der Waals surface area contributed by atoms with Gasteiger partial charge < -0.3 is 15.4 Å². The van der Waals surface area contributed by atoms with E-state index in [1.165, 1.54) is 24.1 Å². The number of carbonyl (C=O) groups is 1. The number of alkyl halides is 3. The molecule has 1 aromatic rings. The maximum atomic E-state index is 12.7. The standard InChI is InChI=1S/C12H14F3N3O2/c1-20-7-5-8(11(16)19)18(6-7)10-4-2-3-9(17-10)12(13,14)15/h2-4,7-8H,5-6H2,1H3,(H2,16,19)/t7-,8-/m0/s1. The zero-order chi connectivity index (χ0) is 14.9. The number of rotatable bonds is 3. The SMILES string of the molecule is CO[C@H]1C[C@@H](C(N)=O)N(c2cccc(C(F)(F)F)n2)C1. The average Bonchev–Trinajstić information content (AvgIpc) is 2.82. The lowest BCUT2D eigenvalue weighted by Gasteiger charge is -2.23. The molecule has 0 spiro atoms. The predicted octanol–water partition coefficient (Wildman–Crippen LogP) is 1.18. The van der Waals surface area contributed by atoms with Gasteiger partial charge in [-0.15, -0.1) is 0 Å². The third kappa shape index (κ3) is 2.84. The zero-order valence-electron chi connectivity index (χ0n) is 10.7. The molecule has 0 unspecified atom stereocenters. The first-order valence-corrected chi connectivity index (χ1v) is 5.96. The maximum Gasteiger partial charge on any atom is 0.433 e. The van der Waals surface area contributed by atoms with Crippen LogP contribution < -0.4 is 10.6 Å². The number of primary amides is 1. The topological polar surface area (TPSA) is 68.5 Å². The third-order valence-electron chi connectivity index (χ3n) is 3.24. The second kappa shape index (κ2) is 5.28. The van der Waals surface area contributed by atoms with Gasteiger partial charge in [-0.1, -0.05) is 6.07 Å². The van der Waals surface area contributed by atoms with E-state index >= 15 is 0 Å². The Kier molecular flexibility index (Phi) is 3.85. The predicted molar refractivity (Wildman–Crippen MR) is 65.0 cm³/mol. The summed E-state index contributed by atoms with van der Waals surface area (Å²) in [5, 5.41) is 0. The molecule has 1 fully saturated rings. The highest BCUT2D eigenvalue weighted by molar-refractivity contribution is 5.84. The van der Waals surface area contributed by atoms with Crippen LogP contribution >= 0.6 is 0 Å². The number of ether oxygens (including phenoxy) is 1. The van der Waals surface area contributed by atoms with Crippen LogP contribution in [0.25, 0.3) is 0 Å². The lowest BCUT2D eigenvalue weighted by Crippen LogP contribution is -2.40. The number of pyridine rings is 1. The van der Waals surface area contributed by atoms with Crippen molar-refractivity contribution in [2.45, 2.75) is 24.7 Å². The molecule has 0 saturated carbocycles. The monoisotopic (exact) mass is 289 g/mol. The van der Waals surface area contributed by atoms with Gasteiger partial charge in [-0.3, -0.25) is 4.79 Å². The normalized spacial score (nSPS) is 23.1. The number of halogens is 3. The van der Waals surface area contributed by atoms with Crippen LogP contribution in [0.2, 0.25) is 0 Å². The van der Waals surface area contributed by atoms with Gasteiger partial charge in [-0.2, -0.15) is 13.2 Å². The number of nitrogens with zero attached hydrogens (tertiary/aromatic N) is 2. The van der Waals surface area contributed by atoms with E-state index < -0.39 is 23.8 Å². The molecule has 0 radical (unpaired) electrons. The van der Waals surface area contributed by atoms with Gasteiger partial charge in [0.1, 0.15) is 17.6 Å². The summed E-state index contributed by atoms with van der Waals surface area (Å²) in [6.07, 6.45) is -4.45. The van der Waals surface area contributed by atoms with Crippen molar-refractivity contribution >= 4 is 11.7 Å². The molecule has 1 amide bonds. The maximum absolute atomic E-state index is 12.7. The number of aromatic nitrogens is 1. The zero-order valence-corrected chi connectivity index (χ0v) is 10.7. The molecule has 110 valence electrons. The van der Waals surface area contributed by atoms with Crippen molar-refractivity contribution in [2.24, 2.45) is 5.73 Å². The van der Waals surface area contributed by atoms with Gasteiger partial charge in [0.25, 0.3) is 0 Å². The number of anilines is 1. The van der Waals surface area contributed by atoms with Crippen molar-refractivity contribution in [3.63, 3.8) is 0 Å². The molecule has 2 heterocycles. The highest BCUT2D eigenvalue weighted by atomic mass is 19.4. The molecule has 0 aromatic carbocycles. The summed E-state index contributed by atoms with van der Waals surface area (Å²) in [6.45, 7) is 0.276. The van der Waals surface area contributed by atoms with E-state index in [1.807, 2.05) is 0 Å². The molecular weight excluding hydrogens is 275 g/mol. The number of hydrogen-bond donors (Lipinski definition) is 1. The first-order valence-electron chi connectivity index (χ1n) is 5.96. The minimum Gasteiger partial charge on any atom is -0.380 e. The summed E-state index contributed by atoms with van der Waals surface area (Å²) in [5.74, 6) is -0.535. The molecule has 1 aromatic heterocycles. The van der Waals surface area contributed by atoms with Crippen LogP contribution in [-0.2, 0) is 15.7 Å². The van der Waals surface area contributed by atoms with Crippen LogP contribution in [0.1, 0.15) is 12.1 Å². The van der Waals surface area contributed by atoms with Gasteiger partial charge in [0.2, 0.25) is 5.91 Å². The van der Waals surface area contributed by atoms with Gasteiger partial charge in [0, 0.05) is 20.1 Å². The van der Waals surface area contributed by atoms with Crippen LogP contribution in [0, 0.1) is 0 Å². The fraction of sp³-hybridized carbons (Fsp3) is 0.500. The minimum absolute atomic E-state index is 0.0724. The molecule has 0 aliphatic carbocycles. The van der Waals surface area contributed by atoms with E-state index in [-0.39, 0.29) is 18.5 Å². The number of nitrogens with two attached hydrogens (primary N) is 1. The second-order valence-electron chi connectivity index (χ2n) is 4.54. The minimum atomic E-state index is -4.53. The van der Waals surface area contributed by atoms with E-state index in [9.17, 15) is 18.0 Å². The van der Waals surface area contributed by atoms with Gasteiger partial charge in [-0.05, 0) is 12.1 Å². The van der Waals surface area contributed by atoms with Crippen LogP contribution in [0.4, 0.5) is 19.0 Å². The molecule has 1 aliphatic heterocycles. The Hall–Kier alpha value is -1.83. The molecule has 2 atom stereocenters. The molecule has 2 rings (SSSR count). The van der Waals surface area contributed by atoms with Gasteiger partial charge in [0.15, 0.2) is 0 Å². The number of carbonyl (C=O) groups excluding carboxylic acids is 1. The van der Waals surface area contributed by atoms with Gasteiger partial charge in [-0.25, -0.2) is 4.98 Å². The van der Waals surface area contributed by atoms with Crippen molar-refractivity contribution in [1.29, 1.82) is 0 Å². The molecule has 0 bridgehead atoms. The Bertz CT molecular complexity index is 507. The Balaban J connectivity index is 2.32. The van der Waals surface area contributed by atoms with Crippen molar-refractivity contribution in [1.82, 2.24) is 4.98 Å². The quantitative estimate of drug-likeness (QED) is 0.907. The third-order valence-corrected chi connectivity index (χ3v) is 3.24. The highest BCUT2D eigenvalue weighted by Crippen LogP contribution is 2.31. The van der Waals surface area contributed by atoms with Crippen LogP contribution in [0.3, 0.4) is 0 Å². The largest absolute Gasteiger partial charge is 0.433 e. The van der Waals surface area contributed by atoms with Crippen LogP contribution in [-0.4, -0.2) is 36.7 Å². The van der Waals surface area contributed by atoms with E-state index in [1.54, 1.807) is 0 Å². The second-order valence-corrected chi connectivity index (χ2v) is 4.54. The summed E-state index contributed by atoms with van der Waals surface area (Å²) in [6, 6.07) is 2.84. The lowest BCUT2D eigenvalue weighted by molar-refractivity contribution is -0.141. The number of hydrogen-bond acceptors (Lipinski definition) is 4. The summed E-state index contributed by atoms with van der Waals surface area (Å²) in [5.41, 5.74) is 4.28. The van der Waals surface area contributed by atoms with E-state index in [0.717, 1.165) is 6.07 Å². The summed E-state index contributed by atoms with van der Waals surface area (Å²) in [4.78, 5) is 16.4. The fourth-order valence-electron chi connectivity index (χ4n) is 2.23. The molecule has 1 aliphatic rings. The van der Waals surface area contributed by atoms with Crippen LogP contribution in [0.5, 0.6) is 0 Å². The van der Waals surface area contributed by atoms with Crippen molar-refractivity contribution in [3.05, 3.63) is 23.9 Å². The molecule has 5 nitrogen and oxygen atoms in total. The number of amides is 1. The van der Waals surface area contributed by atoms with Gasteiger partial charge in [0.05, 0.1) is 6.10 Å². The van der Waals surface area contributed by atoms with Crippen molar-refractivity contribution in [2.75, 3.05) is 18.6 Å². The van der Waals surface area contributed by atoms with Gasteiger partial charge >= 0.3 is 6.18 Å². The fourth-order valence-corrected chi connectivity index (χ4v) is 2.23. The average molecular weight is 289 g/mol. The summed E-state index contributed by atoms with van der Waals surface area (Å²) < 4.78 is 43.1. The number of methoxy groups -OCH3 is 1.